The zero-order valence-electron chi connectivity index (χ0n) is 8.09. The van der Waals surface area contributed by atoms with Gasteiger partial charge in [-0.15, -0.1) is 0 Å². The summed E-state index contributed by atoms with van der Waals surface area (Å²) >= 11 is 0. The predicted octanol–water partition coefficient (Wildman–Crippen LogP) is 3.17. The Labute approximate surface area is 89.4 Å². The van der Waals surface area contributed by atoms with Gasteiger partial charge in [0.05, 0.1) is 0 Å². The predicted molar refractivity (Wildman–Crippen MR) is 50.5 cm³/mol. The van der Waals surface area contributed by atoms with E-state index >= 15 is 0 Å². The van der Waals surface area contributed by atoms with Gasteiger partial charge in [-0.25, -0.2) is 0 Å². The van der Waals surface area contributed by atoms with Gasteiger partial charge in [0, 0.05) is 5.56 Å². The standard InChI is InChI=1S/C11H8F4O/c1-2-9(16)11(14,15)10(12,13)8-6-4-3-5-7-8/h2-7H,1H2. The second-order valence-corrected chi connectivity index (χ2v) is 3.08. The van der Waals surface area contributed by atoms with E-state index in [1.807, 2.05) is 0 Å². The number of allylic oxidation sites excluding steroid dienone is 1. The molecule has 0 N–H and O–H groups in total. The molecular weight excluding hydrogens is 224 g/mol. The van der Waals surface area contributed by atoms with Crippen LogP contribution in [-0.2, 0) is 10.7 Å². The van der Waals surface area contributed by atoms with Crippen molar-refractivity contribution in [3.8, 4) is 0 Å². The minimum absolute atomic E-state index is 0.191. The molecule has 0 saturated heterocycles. The van der Waals surface area contributed by atoms with Crippen LogP contribution in [0.25, 0.3) is 0 Å². The van der Waals surface area contributed by atoms with E-state index in [1.165, 1.54) is 18.2 Å². The maximum atomic E-state index is 13.4. The summed E-state index contributed by atoms with van der Waals surface area (Å²) in [5, 5.41) is 0. The number of alkyl halides is 4. The third kappa shape index (κ3) is 1.85. The Bertz CT molecular complexity index is 398. The number of rotatable bonds is 4. The SMILES string of the molecule is C=CC(=O)C(F)(F)C(F)(F)c1ccccc1. The van der Waals surface area contributed by atoms with Crippen LogP contribution in [0.15, 0.2) is 43.0 Å². The molecule has 1 aromatic carbocycles. The number of carbonyl (C=O) groups excluding carboxylic acids is 1. The van der Waals surface area contributed by atoms with Gasteiger partial charge in [-0.1, -0.05) is 36.9 Å². The minimum Gasteiger partial charge on any atom is -0.288 e. The van der Waals surface area contributed by atoms with Gasteiger partial charge in [-0.3, -0.25) is 4.79 Å². The number of hydrogen-bond donors (Lipinski definition) is 0. The van der Waals surface area contributed by atoms with E-state index < -0.39 is 23.2 Å². The molecule has 1 aromatic rings. The molecule has 0 saturated carbocycles. The van der Waals surface area contributed by atoms with Crippen LogP contribution >= 0.6 is 0 Å². The second kappa shape index (κ2) is 4.08. The first-order valence-corrected chi connectivity index (χ1v) is 4.32. The summed E-state index contributed by atoms with van der Waals surface area (Å²) in [7, 11) is 0. The van der Waals surface area contributed by atoms with Gasteiger partial charge >= 0.3 is 11.8 Å². The summed E-state index contributed by atoms with van der Waals surface area (Å²) in [5.74, 6) is -11.3. The maximum Gasteiger partial charge on any atom is 0.375 e. The van der Waals surface area contributed by atoms with Crippen LogP contribution in [0.1, 0.15) is 5.56 Å². The van der Waals surface area contributed by atoms with E-state index in [4.69, 9.17) is 0 Å². The van der Waals surface area contributed by atoms with Crippen LogP contribution in [0.3, 0.4) is 0 Å². The average Bonchev–Trinajstić information content (AvgIpc) is 2.28. The van der Waals surface area contributed by atoms with E-state index in [-0.39, 0.29) is 6.08 Å². The summed E-state index contributed by atoms with van der Waals surface area (Å²) < 4.78 is 52.9. The van der Waals surface area contributed by atoms with Crippen LogP contribution in [0.5, 0.6) is 0 Å². The number of halogens is 4. The molecule has 0 fully saturated rings. The molecule has 0 radical (unpaired) electrons. The smallest absolute Gasteiger partial charge is 0.288 e. The first-order valence-electron chi connectivity index (χ1n) is 4.32. The molecule has 0 amide bonds. The molecule has 1 rings (SSSR count). The zero-order chi connectivity index (χ0) is 12.4. The van der Waals surface area contributed by atoms with Crippen molar-refractivity contribution in [3.05, 3.63) is 48.6 Å². The highest BCUT2D eigenvalue weighted by Crippen LogP contribution is 2.43. The lowest BCUT2D eigenvalue weighted by Crippen LogP contribution is -2.44. The fourth-order valence-corrected chi connectivity index (χ4v) is 1.11. The topological polar surface area (TPSA) is 17.1 Å². The monoisotopic (exact) mass is 232 g/mol. The largest absolute Gasteiger partial charge is 0.375 e. The molecule has 0 atom stereocenters. The van der Waals surface area contributed by atoms with Gasteiger partial charge in [0.15, 0.2) is 0 Å². The Morgan fingerprint density at radius 3 is 2.06 bits per heavy atom. The van der Waals surface area contributed by atoms with Gasteiger partial charge in [0.1, 0.15) is 0 Å². The van der Waals surface area contributed by atoms with Crippen LogP contribution in [0.2, 0.25) is 0 Å². The van der Waals surface area contributed by atoms with Crippen LogP contribution in [0.4, 0.5) is 17.6 Å². The van der Waals surface area contributed by atoms with E-state index in [2.05, 4.69) is 6.58 Å². The first kappa shape index (κ1) is 12.4. The summed E-state index contributed by atoms with van der Waals surface area (Å²) in [5.41, 5.74) is -0.907. The molecule has 0 aliphatic carbocycles. The van der Waals surface area contributed by atoms with Crippen molar-refractivity contribution in [3.63, 3.8) is 0 Å². The normalized spacial score (nSPS) is 12.2. The summed E-state index contributed by atoms with van der Waals surface area (Å²) in [6.45, 7) is 2.77. The van der Waals surface area contributed by atoms with Crippen molar-refractivity contribution >= 4 is 5.78 Å². The Hall–Kier alpha value is -1.65. The third-order valence-corrected chi connectivity index (χ3v) is 2.03. The van der Waals surface area contributed by atoms with Crippen molar-refractivity contribution < 1.29 is 22.4 Å². The van der Waals surface area contributed by atoms with E-state index in [1.54, 1.807) is 0 Å². The molecule has 0 unspecified atom stereocenters. The van der Waals surface area contributed by atoms with Crippen LogP contribution < -0.4 is 0 Å². The molecule has 1 nitrogen and oxygen atoms in total. The molecular formula is C11H8F4O. The third-order valence-electron chi connectivity index (χ3n) is 2.03. The lowest BCUT2D eigenvalue weighted by atomic mass is 9.99. The lowest BCUT2D eigenvalue weighted by Gasteiger charge is -2.24. The van der Waals surface area contributed by atoms with Gasteiger partial charge in [0.25, 0.3) is 0 Å². The van der Waals surface area contributed by atoms with Gasteiger partial charge < -0.3 is 0 Å². The fraction of sp³-hybridized carbons (Fsp3) is 0.182. The molecule has 0 bridgehead atoms. The van der Waals surface area contributed by atoms with Crippen LogP contribution in [0, 0.1) is 0 Å². The number of ketones is 1. The highest BCUT2D eigenvalue weighted by atomic mass is 19.3. The number of carbonyl (C=O) groups is 1. The van der Waals surface area contributed by atoms with Crippen molar-refractivity contribution in [1.29, 1.82) is 0 Å². The maximum absolute atomic E-state index is 13.4. The summed E-state index contributed by atoms with van der Waals surface area (Å²) in [6, 6.07) is 5.47. The van der Waals surface area contributed by atoms with E-state index in [0.717, 1.165) is 12.1 Å². The van der Waals surface area contributed by atoms with Crippen molar-refractivity contribution in [2.45, 2.75) is 11.8 Å². The lowest BCUT2D eigenvalue weighted by molar-refractivity contribution is -0.209. The molecule has 16 heavy (non-hydrogen) atoms. The zero-order valence-corrected chi connectivity index (χ0v) is 8.09. The summed E-state index contributed by atoms with van der Waals surface area (Å²) in [6.07, 6.45) is 0.191. The average molecular weight is 232 g/mol. The number of hydrogen-bond acceptors (Lipinski definition) is 1. The minimum atomic E-state index is -4.78. The second-order valence-electron chi connectivity index (χ2n) is 3.08. The summed E-state index contributed by atoms with van der Waals surface area (Å²) in [4.78, 5) is 10.7. The molecule has 0 heterocycles. The molecule has 86 valence electrons. The molecule has 0 aliphatic rings. The van der Waals surface area contributed by atoms with Gasteiger partial charge in [-0.05, 0) is 6.08 Å². The fourth-order valence-electron chi connectivity index (χ4n) is 1.11. The Morgan fingerprint density at radius 1 is 1.12 bits per heavy atom. The first-order chi connectivity index (χ1) is 7.34. The Morgan fingerprint density at radius 2 is 1.62 bits per heavy atom. The van der Waals surface area contributed by atoms with Crippen molar-refractivity contribution in [2.24, 2.45) is 0 Å². The highest BCUT2D eigenvalue weighted by molar-refractivity contribution is 5.96. The Balaban J connectivity index is 3.21. The van der Waals surface area contributed by atoms with Gasteiger partial charge in [0.2, 0.25) is 5.78 Å². The van der Waals surface area contributed by atoms with E-state index in [0.29, 0.717) is 0 Å². The molecule has 0 spiro atoms. The van der Waals surface area contributed by atoms with Crippen molar-refractivity contribution in [1.82, 2.24) is 0 Å². The van der Waals surface area contributed by atoms with Crippen LogP contribution in [-0.4, -0.2) is 11.7 Å². The van der Waals surface area contributed by atoms with E-state index in [9.17, 15) is 22.4 Å². The van der Waals surface area contributed by atoms with Gasteiger partial charge in [-0.2, -0.15) is 17.6 Å². The number of benzene rings is 1. The molecule has 0 aromatic heterocycles. The highest BCUT2D eigenvalue weighted by Gasteiger charge is 2.61. The molecule has 5 heteroatoms. The van der Waals surface area contributed by atoms with Crippen molar-refractivity contribution in [2.75, 3.05) is 0 Å². The Kier molecular flexibility index (Phi) is 3.16. The quantitative estimate of drug-likeness (QED) is 0.575. The molecule has 0 aliphatic heterocycles.